The fraction of sp³-hybridized carbons (Fsp3) is 0.263. The van der Waals surface area contributed by atoms with Gasteiger partial charge in [-0.15, -0.1) is 0 Å². The summed E-state index contributed by atoms with van der Waals surface area (Å²) in [4.78, 5) is 24.9. The van der Waals surface area contributed by atoms with Gasteiger partial charge in [0.15, 0.2) is 6.61 Å². The minimum Gasteiger partial charge on any atom is -0.482 e. The van der Waals surface area contributed by atoms with Crippen LogP contribution in [-0.4, -0.2) is 33.4 Å². The Labute approximate surface area is 172 Å². The number of ether oxygens (including phenoxy) is 1. The second-order valence-electron chi connectivity index (χ2n) is 6.76. The van der Waals surface area contributed by atoms with Gasteiger partial charge in [0.1, 0.15) is 10.6 Å². The number of hydrogen-bond acceptors (Lipinski definition) is 5. The van der Waals surface area contributed by atoms with Crippen LogP contribution in [0.2, 0.25) is 5.02 Å². The lowest BCUT2D eigenvalue weighted by Crippen LogP contribution is -2.27. The van der Waals surface area contributed by atoms with Gasteiger partial charge < -0.3 is 15.0 Å². The van der Waals surface area contributed by atoms with E-state index in [2.05, 4.69) is 10.0 Å². The lowest BCUT2D eigenvalue weighted by molar-refractivity contribution is -0.119. The number of amides is 2. The average Bonchev–Trinajstić information content (AvgIpc) is 3.12. The number of carbonyl (C=O) groups excluding carboxylic acids is 2. The lowest BCUT2D eigenvalue weighted by atomic mass is 10.2. The molecule has 152 valence electrons. The molecule has 2 aliphatic rings. The molecule has 2 amide bonds. The van der Waals surface area contributed by atoms with Crippen LogP contribution in [0.1, 0.15) is 18.4 Å². The number of hydrogen-bond donors (Lipinski definition) is 2. The molecule has 0 saturated carbocycles. The normalized spacial score (nSPS) is 16.4. The molecule has 0 atom stereocenters. The molecule has 0 aliphatic carbocycles. The van der Waals surface area contributed by atoms with Gasteiger partial charge in [0.25, 0.3) is 5.91 Å². The van der Waals surface area contributed by atoms with Crippen LogP contribution in [0.4, 0.5) is 11.4 Å². The average molecular weight is 436 g/mol. The van der Waals surface area contributed by atoms with Crippen LogP contribution in [0.5, 0.6) is 5.75 Å². The number of sulfonamides is 1. The summed E-state index contributed by atoms with van der Waals surface area (Å²) in [5, 5.41) is 2.55. The van der Waals surface area contributed by atoms with Crippen molar-refractivity contribution in [3.63, 3.8) is 0 Å². The SMILES string of the molecule is O=C1COc2cc(S(=O)(=O)NCc3cccc(N4CCCC4=O)c3)c(Cl)cc2N1. The van der Waals surface area contributed by atoms with Crippen molar-refractivity contribution < 1.29 is 22.7 Å². The van der Waals surface area contributed by atoms with Gasteiger partial charge in [-0.05, 0) is 30.2 Å². The molecule has 1 saturated heterocycles. The van der Waals surface area contributed by atoms with Crippen molar-refractivity contribution in [2.75, 3.05) is 23.4 Å². The summed E-state index contributed by atoms with van der Waals surface area (Å²) in [6.45, 7) is 0.502. The number of nitrogens with one attached hydrogen (secondary N) is 2. The Morgan fingerprint density at radius 1 is 1.21 bits per heavy atom. The van der Waals surface area contributed by atoms with Crippen molar-refractivity contribution in [1.82, 2.24) is 4.72 Å². The summed E-state index contributed by atoms with van der Waals surface area (Å²) in [7, 11) is -3.93. The Morgan fingerprint density at radius 3 is 2.79 bits per heavy atom. The molecule has 1 fully saturated rings. The molecule has 2 aromatic carbocycles. The van der Waals surface area contributed by atoms with Crippen LogP contribution >= 0.6 is 11.6 Å². The van der Waals surface area contributed by atoms with Crippen LogP contribution in [0.3, 0.4) is 0 Å². The van der Waals surface area contributed by atoms with Crippen LogP contribution < -0.4 is 19.7 Å². The number of nitrogens with zero attached hydrogens (tertiary/aromatic N) is 1. The molecule has 29 heavy (non-hydrogen) atoms. The Kier molecular flexibility index (Phi) is 5.20. The van der Waals surface area contributed by atoms with Gasteiger partial charge in [0, 0.05) is 31.3 Å². The first-order valence-electron chi connectivity index (χ1n) is 8.99. The molecule has 0 aromatic heterocycles. The van der Waals surface area contributed by atoms with E-state index in [1.807, 2.05) is 6.07 Å². The molecule has 2 aliphatic heterocycles. The maximum Gasteiger partial charge on any atom is 0.262 e. The van der Waals surface area contributed by atoms with Crippen molar-refractivity contribution in [3.8, 4) is 5.75 Å². The summed E-state index contributed by atoms with van der Waals surface area (Å²) in [6, 6.07) is 9.82. The third-order valence-corrected chi connectivity index (χ3v) is 6.58. The monoisotopic (exact) mass is 435 g/mol. The van der Waals surface area contributed by atoms with E-state index in [9.17, 15) is 18.0 Å². The van der Waals surface area contributed by atoms with Crippen LogP contribution in [0.15, 0.2) is 41.3 Å². The quantitative estimate of drug-likeness (QED) is 0.749. The number of halogens is 1. The first-order valence-corrected chi connectivity index (χ1v) is 10.8. The van der Waals surface area contributed by atoms with Crippen molar-refractivity contribution in [2.24, 2.45) is 0 Å². The van der Waals surface area contributed by atoms with E-state index in [1.165, 1.54) is 12.1 Å². The third-order valence-electron chi connectivity index (χ3n) is 4.72. The van der Waals surface area contributed by atoms with Gasteiger partial charge in [-0.3, -0.25) is 9.59 Å². The van der Waals surface area contributed by atoms with Crippen molar-refractivity contribution in [2.45, 2.75) is 24.3 Å². The van der Waals surface area contributed by atoms with E-state index < -0.39 is 10.0 Å². The topological polar surface area (TPSA) is 105 Å². The highest BCUT2D eigenvalue weighted by Gasteiger charge is 2.25. The summed E-state index contributed by atoms with van der Waals surface area (Å²) in [6.07, 6.45) is 1.34. The standard InChI is InChI=1S/C19H18ClN3O5S/c20-14-8-15-16(28-11-18(24)22-15)9-17(14)29(26,27)21-10-12-3-1-4-13(7-12)23-6-2-5-19(23)25/h1,3-4,7-9,21H,2,5-6,10-11H2,(H,22,24). The van der Waals surface area contributed by atoms with E-state index in [1.54, 1.807) is 23.1 Å². The van der Waals surface area contributed by atoms with E-state index in [4.69, 9.17) is 16.3 Å². The van der Waals surface area contributed by atoms with Gasteiger partial charge in [-0.25, -0.2) is 13.1 Å². The van der Waals surface area contributed by atoms with Gasteiger partial charge in [-0.1, -0.05) is 23.7 Å². The van der Waals surface area contributed by atoms with E-state index in [-0.39, 0.29) is 40.6 Å². The molecule has 8 nitrogen and oxygen atoms in total. The van der Waals surface area contributed by atoms with Gasteiger partial charge in [0.05, 0.1) is 10.7 Å². The Balaban J connectivity index is 1.53. The first kappa shape index (κ1) is 19.7. The molecular formula is C19H18ClN3O5S. The third kappa shape index (κ3) is 4.07. The molecule has 0 unspecified atom stereocenters. The molecule has 2 N–H and O–H groups in total. The zero-order valence-electron chi connectivity index (χ0n) is 15.3. The van der Waals surface area contributed by atoms with Crippen molar-refractivity contribution >= 4 is 44.8 Å². The minimum atomic E-state index is -3.93. The molecule has 0 bridgehead atoms. The predicted molar refractivity (Wildman–Crippen MR) is 108 cm³/mol. The number of carbonyl (C=O) groups is 2. The zero-order valence-corrected chi connectivity index (χ0v) is 16.8. The fourth-order valence-corrected chi connectivity index (χ4v) is 4.86. The number of rotatable bonds is 5. The molecule has 10 heteroatoms. The maximum atomic E-state index is 12.8. The van der Waals surface area contributed by atoms with Gasteiger partial charge >= 0.3 is 0 Å². The molecule has 0 spiro atoms. The van der Waals surface area contributed by atoms with Crippen molar-refractivity contribution in [1.29, 1.82) is 0 Å². The second kappa shape index (κ2) is 7.66. The van der Waals surface area contributed by atoms with Crippen LogP contribution in [-0.2, 0) is 26.2 Å². The Morgan fingerprint density at radius 2 is 2.03 bits per heavy atom. The lowest BCUT2D eigenvalue weighted by Gasteiger charge is -2.20. The molecule has 2 heterocycles. The molecule has 0 radical (unpaired) electrons. The highest BCUT2D eigenvalue weighted by molar-refractivity contribution is 7.89. The summed E-state index contributed by atoms with van der Waals surface area (Å²) in [5.41, 5.74) is 1.79. The maximum absolute atomic E-state index is 12.8. The van der Waals surface area contributed by atoms with E-state index in [0.717, 1.165) is 12.1 Å². The van der Waals surface area contributed by atoms with Gasteiger partial charge in [-0.2, -0.15) is 0 Å². The largest absolute Gasteiger partial charge is 0.482 e. The fourth-order valence-electron chi connectivity index (χ4n) is 3.30. The number of benzene rings is 2. The highest BCUT2D eigenvalue weighted by atomic mass is 35.5. The predicted octanol–water partition coefficient (Wildman–Crippen LogP) is 2.28. The van der Waals surface area contributed by atoms with E-state index >= 15 is 0 Å². The minimum absolute atomic E-state index is 0.0292. The molecule has 2 aromatic rings. The van der Waals surface area contributed by atoms with E-state index in [0.29, 0.717) is 24.2 Å². The summed E-state index contributed by atoms with van der Waals surface area (Å²) in [5.74, 6) is -0.0294. The Bertz CT molecular complexity index is 1100. The van der Waals surface area contributed by atoms with Crippen LogP contribution in [0, 0.1) is 0 Å². The second-order valence-corrected chi connectivity index (χ2v) is 8.90. The first-order chi connectivity index (χ1) is 13.8. The number of anilines is 2. The Hall–Kier alpha value is -2.62. The van der Waals surface area contributed by atoms with Gasteiger partial charge in [0.2, 0.25) is 15.9 Å². The molecular weight excluding hydrogens is 418 g/mol. The smallest absolute Gasteiger partial charge is 0.262 e. The molecule has 4 rings (SSSR count). The van der Waals surface area contributed by atoms with Crippen LogP contribution in [0.25, 0.3) is 0 Å². The van der Waals surface area contributed by atoms with Crippen molar-refractivity contribution in [3.05, 3.63) is 47.0 Å². The number of fused-ring (bicyclic) bond motifs is 1. The summed E-state index contributed by atoms with van der Waals surface area (Å²) < 4.78 is 33.3. The highest BCUT2D eigenvalue weighted by Crippen LogP contribution is 2.35. The summed E-state index contributed by atoms with van der Waals surface area (Å²) >= 11 is 6.13. The zero-order chi connectivity index (χ0) is 20.6.